The predicted molar refractivity (Wildman–Crippen MR) is 216 cm³/mol. The summed E-state index contributed by atoms with van der Waals surface area (Å²) in [7, 11) is 0. The molecule has 2 nitrogen and oxygen atoms in total. The minimum atomic E-state index is -0.0889. The lowest BCUT2D eigenvalue weighted by Gasteiger charge is -2.30. The summed E-state index contributed by atoms with van der Waals surface area (Å²) in [6, 6.07) is 66.6. The molecular weight excluding hydrogens is 617 g/mol. The Labute approximate surface area is 298 Å². The molecule has 10 rings (SSSR count). The van der Waals surface area contributed by atoms with Crippen LogP contribution >= 0.6 is 0 Å². The molecule has 0 aliphatic heterocycles. The highest BCUT2D eigenvalue weighted by Crippen LogP contribution is 2.54. The quantitative estimate of drug-likeness (QED) is 0.180. The van der Waals surface area contributed by atoms with Crippen LogP contribution < -0.4 is 4.90 Å². The highest BCUT2D eigenvalue weighted by atomic mass is 15.2. The van der Waals surface area contributed by atoms with Crippen LogP contribution in [0.1, 0.15) is 25.0 Å². The van der Waals surface area contributed by atoms with E-state index in [-0.39, 0.29) is 5.41 Å². The monoisotopic (exact) mass is 652 g/mol. The van der Waals surface area contributed by atoms with Crippen LogP contribution in [0.5, 0.6) is 0 Å². The summed E-state index contributed by atoms with van der Waals surface area (Å²) >= 11 is 0. The molecule has 1 aliphatic rings. The third-order valence-corrected chi connectivity index (χ3v) is 11.0. The Morgan fingerprint density at radius 1 is 0.412 bits per heavy atom. The van der Waals surface area contributed by atoms with E-state index < -0.39 is 0 Å². The maximum atomic E-state index is 2.52. The van der Waals surface area contributed by atoms with Crippen molar-refractivity contribution in [3.63, 3.8) is 0 Å². The van der Waals surface area contributed by atoms with Gasteiger partial charge in [-0.05, 0) is 69.6 Å². The zero-order valence-electron chi connectivity index (χ0n) is 28.7. The maximum absolute atomic E-state index is 2.52. The van der Waals surface area contributed by atoms with Gasteiger partial charge in [0.25, 0.3) is 0 Å². The van der Waals surface area contributed by atoms with Gasteiger partial charge in [0.15, 0.2) is 0 Å². The highest BCUT2D eigenvalue weighted by Gasteiger charge is 2.37. The van der Waals surface area contributed by atoms with Gasteiger partial charge >= 0.3 is 0 Å². The predicted octanol–water partition coefficient (Wildman–Crippen LogP) is 13.4. The average Bonchev–Trinajstić information content (AvgIpc) is 3.65. The van der Waals surface area contributed by atoms with Crippen molar-refractivity contribution in [1.82, 2.24) is 4.57 Å². The van der Waals surface area contributed by atoms with Gasteiger partial charge in [-0.15, -0.1) is 0 Å². The second kappa shape index (κ2) is 11.3. The number of para-hydroxylation sites is 4. The smallest absolute Gasteiger partial charge is 0.0782 e. The standard InChI is InChI=1S/C49H36N2/c1-49(2)41-27-11-8-24-40(41)47-38(25-15-28-42(47)49)36-22-9-13-30-45(36)51(43-31-14-18-33-17-6-7-21-35(33)43)46-32-16-26-39-37-23-10-12-29-44(37)50(48(39)46)34-19-4-3-5-20-34/h3-32H,1-2H3. The molecule has 1 aliphatic carbocycles. The summed E-state index contributed by atoms with van der Waals surface area (Å²) in [4.78, 5) is 2.52. The van der Waals surface area contributed by atoms with Crippen molar-refractivity contribution >= 4 is 49.6 Å². The molecule has 51 heavy (non-hydrogen) atoms. The van der Waals surface area contributed by atoms with Gasteiger partial charge in [-0.1, -0.05) is 159 Å². The van der Waals surface area contributed by atoms with Gasteiger partial charge in [-0.25, -0.2) is 0 Å². The number of hydrogen-bond acceptors (Lipinski definition) is 1. The average molecular weight is 653 g/mol. The number of fused-ring (bicyclic) bond motifs is 7. The first-order valence-electron chi connectivity index (χ1n) is 17.8. The third kappa shape index (κ3) is 4.36. The molecule has 0 bridgehead atoms. The summed E-state index contributed by atoms with van der Waals surface area (Å²) < 4.78 is 2.44. The molecule has 9 aromatic rings. The minimum absolute atomic E-state index is 0.0889. The summed E-state index contributed by atoms with van der Waals surface area (Å²) in [6.07, 6.45) is 0. The summed E-state index contributed by atoms with van der Waals surface area (Å²) in [5, 5.41) is 4.89. The van der Waals surface area contributed by atoms with E-state index in [1.54, 1.807) is 0 Å². The molecule has 0 unspecified atom stereocenters. The Balaban J connectivity index is 1.34. The molecule has 0 amide bonds. The lowest BCUT2D eigenvalue weighted by atomic mass is 9.82. The van der Waals surface area contributed by atoms with Gasteiger partial charge in [0.2, 0.25) is 0 Å². The van der Waals surface area contributed by atoms with E-state index in [9.17, 15) is 0 Å². The summed E-state index contributed by atoms with van der Waals surface area (Å²) in [5.41, 5.74) is 14.7. The fraction of sp³-hybridized carbons (Fsp3) is 0.0612. The molecule has 0 radical (unpaired) electrons. The second-order valence-corrected chi connectivity index (χ2v) is 14.1. The van der Waals surface area contributed by atoms with Crippen molar-refractivity contribution in [2.75, 3.05) is 4.90 Å². The Hall–Kier alpha value is -6.38. The lowest BCUT2D eigenvalue weighted by Crippen LogP contribution is -2.15. The van der Waals surface area contributed by atoms with E-state index in [1.807, 2.05) is 0 Å². The Morgan fingerprint density at radius 3 is 1.86 bits per heavy atom. The van der Waals surface area contributed by atoms with E-state index in [2.05, 4.69) is 205 Å². The fourth-order valence-electron chi connectivity index (χ4n) is 8.69. The third-order valence-electron chi connectivity index (χ3n) is 11.0. The normalized spacial score (nSPS) is 13.1. The molecule has 0 saturated carbocycles. The van der Waals surface area contributed by atoms with Gasteiger partial charge in [0, 0.05) is 32.8 Å². The molecule has 0 saturated heterocycles. The number of anilines is 3. The Morgan fingerprint density at radius 2 is 0.980 bits per heavy atom. The van der Waals surface area contributed by atoms with Crippen molar-refractivity contribution < 1.29 is 0 Å². The van der Waals surface area contributed by atoms with E-state index in [0.717, 1.165) is 22.7 Å². The zero-order chi connectivity index (χ0) is 34.1. The van der Waals surface area contributed by atoms with Crippen LogP contribution in [0.2, 0.25) is 0 Å². The Bertz CT molecular complexity index is 2780. The second-order valence-electron chi connectivity index (χ2n) is 14.1. The zero-order valence-corrected chi connectivity index (χ0v) is 28.7. The molecule has 0 N–H and O–H groups in total. The fourth-order valence-corrected chi connectivity index (χ4v) is 8.69. The van der Waals surface area contributed by atoms with Crippen molar-refractivity contribution in [2.45, 2.75) is 19.3 Å². The van der Waals surface area contributed by atoms with Crippen molar-refractivity contribution in [1.29, 1.82) is 0 Å². The number of nitrogens with zero attached hydrogens (tertiary/aromatic N) is 2. The van der Waals surface area contributed by atoms with Gasteiger partial charge < -0.3 is 9.47 Å². The van der Waals surface area contributed by atoms with Gasteiger partial charge in [0.1, 0.15) is 0 Å². The minimum Gasteiger partial charge on any atom is -0.307 e. The molecule has 0 spiro atoms. The first-order valence-corrected chi connectivity index (χ1v) is 17.8. The molecule has 0 atom stereocenters. The number of benzene rings is 8. The topological polar surface area (TPSA) is 8.17 Å². The van der Waals surface area contributed by atoms with E-state index >= 15 is 0 Å². The van der Waals surface area contributed by atoms with Crippen LogP contribution in [-0.4, -0.2) is 4.57 Å². The SMILES string of the molecule is CC1(C)c2ccccc2-c2c(-c3ccccc3N(c3cccc4ccccc34)c3cccc4c5ccccc5n(-c5ccccc5)c34)cccc21. The number of rotatable bonds is 5. The molecule has 2 heteroatoms. The molecule has 1 heterocycles. The first kappa shape index (κ1) is 29.5. The Kier molecular flexibility index (Phi) is 6.56. The highest BCUT2D eigenvalue weighted by molar-refractivity contribution is 6.16. The van der Waals surface area contributed by atoms with E-state index in [4.69, 9.17) is 0 Å². The molecular formula is C49H36N2. The van der Waals surface area contributed by atoms with Crippen LogP contribution in [0.3, 0.4) is 0 Å². The molecule has 0 fully saturated rings. The van der Waals surface area contributed by atoms with Gasteiger partial charge in [-0.3, -0.25) is 0 Å². The van der Waals surface area contributed by atoms with Crippen LogP contribution in [0.4, 0.5) is 17.1 Å². The van der Waals surface area contributed by atoms with Gasteiger partial charge in [-0.2, -0.15) is 0 Å². The molecule has 242 valence electrons. The van der Waals surface area contributed by atoms with E-state index in [1.165, 1.54) is 66.0 Å². The van der Waals surface area contributed by atoms with Crippen LogP contribution in [-0.2, 0) is 5.41 Å². The van der Waals surface area contributed by atoms with Crippen molar-refractivity contribution in [2.24, 2.45) is 0 Å². The van der Waals surface area contributed by atoms with Crippen LogP contribution in [0.25, 0.3) is 60.5 Å². The number of hydrogen-bond donors (Lipinski definition) is 0. The van der Waals surface area contributed by atoms with Gasteiger partial charge in [0.05, 0.1) is 28.1 Å². The largest absolute Gasteiger partial charge is 0.307 e. The van der Waals surface area contributed by atoms with Crippen molar-refractivity contribution in [3.05, 3.63) is 193 Å². The van der Waals surface area contributed by atoms with Crippen LogP contribution in [0, 0.1) is 0 Å². The summed E-state index contributed by atoms with van der Waals surface area (Å²) in [5.74, 6) is 0. The first-order chi connectivity index (χ1) is 25.1. The van der Waals surface area contributed by atoms with Crippen molar-refractivity contribution in [3.8, 4) is 27.9 Å². The number of aromatic nitrogens is 1. The maximum Gasteiger partial charge on any atom is 0.0782 e. The van der Waals surface area contributed by atoms with E-state index in [0.29, 0.717) is 0 Å². The summed E-state index contributed by atoms with van der Waals surface area (Å²) in [6.45, 7) is 4.72. The van der Waals surface area contributed by atoms with Crippen LogP contribution in [0.15, 0.2) is 182 Å². The molecule has 1 aromatic heterocycles. The lowest BCUT2D eigenvalue weighted by molar-refractivity contribution is 0.660. The molecule has 8 aromatic carbocycles.